The molecule has 0 bridgehead atoms. The molecule has 0 aliphatic heterocycles. The van der Waals surface area contributed by atoms with E-state index in [1.807, 2.05) is 0 Å². The molecule has 1 rings (SSSR count). The first-order chi connectivity index (χ1) is 4.17. The maximum absolute atomic E-state index is 9.45. The fourth-order valence-corrected chi connectivity index (χ4v) is 0.992. The Morgan fingerprint density at radius 3 is 2.67 bits per heavy atom. The molecule has 0 radical (unpaired) electrons. The third-order valence-corrected chi connectivity index (χ3v) is 1.83. The normalized spacial score (nSPS) is 25.7. The molecule has 0 aromatic heterocycles. The van der Waals surface area contributed by atoms with Gasteiger partial charge in [0.25, 0.3) is 0 Å². The average molecular weight is 131 g/mol. The zero-order valence-electron chi connectivity index (χ0n) is 5.63. The summed E-state index contributed by atoms with van der Waals surface area (Å²) < 4.78 is 0. The van der Waals surface area contributed by atoms with Crippen molar-refractivity contribution in [2.45, 2.75) is 25.4 Å². The van der Waals surface area contributed by atoms with E-state index in [0.29, 0.717) is 5.92 Å². The Balaban J connectivity index is 2.30. The van der Waals surface area contributed by atoms with Crippen LogP contribution in [0.4, 0.5) is 0 Å². The van der Waals surface area contributed by atoms with Crippen LogP contribution in [0.15, 0.2) is 0 Å². The molecule has 0 amide bonds. The van der Waals surface area contributed by atoms with Crippen LogP contribution in [0.25, 0.3) is 0 Å². The van der Waals surface area contributed by atoms with E-state index in [-0.39, 0.29) is 6.61 Å². The van der Waals surface area contributed by atoms with Crippen LogP contribution in [0.3, 0.4) is 0 Å². The molecule has 3 heteroatoms. The Morgan fingerprint density at radius 2 is 2.33 bits per heavy atom. The van der Waals surface area contributed by atoms with Gasteiger partial charge < -0.3 is 9.94 Å². The van der Waals surface area contributed by atoms with Gasteiger partial charge in [-0.25, -0.2) is 5.90 Å². The summed E-state index contributed by atoms with van der Waals surface area (Å²) in [6.07, 6.45) is 2.22. The van der Waals surface area contributed by atoms with Gasteiger partial charge in [-0.15, -0.1) is 0 Å². The second kappa shape index (κ2) is 2.25. The van der Waals surface area contributed by atoms with Crippen LogP contribution in [-0.2, 0) is 4.84 Å². The molecule has 0 spiro atoms. The first-order valence-corrected chi connectivity index (χ1v) is 3.21. The van der Waals surface area contributed by atoms with Crippen molar-refractivity contribution in [3.63, 3.8) is 0 Å². The Labute approximate surface area is 54.8 Å². The van der Waals surface area contributed by atoms with Crippen molar-refractivity contribution < 1.29 is 9.94 Å². The monoisotopic (exact) mass is 131 g/mol. The van der Waals surface area contributed by atoms with E-state index in [2.05, 4.69) is 4.84 Å². The SMILES string of the molecule is CC(O)(CON)C1CC1. The predicted molar refractivity (Wildman–Crippen MR) is 33.5 cm³/mol. The summed E-state index contributed by atoms with van der Waals surface area (Å²) in [5, 5.41) is 9.45. The fourth-order valence-electron chi connectivity index (χ4n) is 0.992. The molecule has 0 aromatic carbocycles. The van der Waals surface area contributed by atoms with Gasteiger partial charge in [-0.1, -0.05) is 0 Å². The van der Waals surface area contributed by atoms with Gasteiger partial charge in [-0.3, -0.25) is 0 Å². The van der Waals surface area contributed by atoms with E-state index < -0.39 is 5.60 Å². The van der Waals surface area contributed by atoms with E-state index in [4.69, 9.17) is 5.90 Å². The zero-order chi connectivity index (χ0) is 6.91. The molecular weight excluding hydrogens is 118 g/mol. The quantitative estimate of drug-likeness (QED) is 0.531. The Morgan fingerprint density at radius 1 is 1.78 bits per heavy atom. The van der Waals surface area contributed by atoms with Gasteiger partial charge >= 0.3 is 0 Å². The highest BCUT2D eigenvalue weighted by Crippen LogP contribution is 2.39. The van der Waals surface area contributed by atoms with Crippen LogP contribution in [0.1, 0.15) is 19.8 Å². The van der Waals surface area contributed by atoms with Crippen LogP contribution in [-0.4, -0.2) is 17.3 Å². The molecule has 54 valence electrons. The van der Waals surface area contributed by atoms with Crippen LogP contribution in [0.2, 0.25) is 0 Å². The molecule has 1 atom stereocenters. The summed E-state index contributed by atoms with van der Waals surface area (Å²) >= 11 is 0. The van der Waals surface area contributed by atoms with Crippen LogP contribution in [0.5, 0.6) is 0 Å². The van der Waals surface area contributed by atoms with Gasteiger partial charge in [0.05, 0.1) is 12.2 Å². The summed E-state index contributed by atoms with van der Waals surface area (Å²) in [5.74, 6) is 5.24. The van der Waals surface area contributed by atoms with E-state index in [0.717, 1.165) is 12.8 Å². The predicted octanol–water partition coefficient (Wildman–Crippen LogP) is 0.0377. The van der Waals surface area contributed by atoms with Crippen molar-refractivity contribution in [1.82, 2.24) is 0 Å². The maximum Gasteiger partial charge on any atom is 0.0966 e. The fraction of sp³-hybridized carbons (Fsp3) is 1.00. The molecule has 1 aliphatic carbocycles. The highest BCUT2D eigenvalue weighted by Gasteiger charge is 2.39. The molecule has 0 saturated heterocycles. The molecule has 1 saturated carbocycles. The van der Waals surface area contributed by atoms with Crippen LogP contribution >= 0.6 is 0 Å². The standard InChI is InChI=1S/C6H13NO2/c1-6(8,4-9-7)5-2-3-5/h5,8H,2-4,7H2,1H3. The van der Waals surface area contributed by atoms with Crippen molar-refractivity contribution in [2.75, 3.05) is 6.61 Å². The average Bonchev–Trinajstić information content (AvgIpc) is 2.41. The molecular formula is C6H13NO2. The molecule has 3 nitrogen and oxygen atoms in total. The third kappa shape index (κ3) is 1.64. The molecule has 1 unspecified atom stereocenters. The van der Waals surface area contributed by atoms with Crippen molar-refractivity contribution in [3.05, 3.63) is 0 Å². The van der Waals surface area contributed by atoms with E-state index in [1.54, 1.807) is 6.92 Å². The summed E-state index contributed by atoms with van der Waals surface area (Å²) in [5.41, 5.74) is -0.686. The Bertz CT molecular complexity index is 99.2. The van der Waals surface area contributed by atoms with E-state index in [9.17, 15) is 5.11 Å². The minimum Gasteiger partial charge on any atom is -0.387 e. The van der Waals surface area contributed by atoms with Gasteiger partial charge in [0, 0.05) is 0 Å². The summed E-state index contributed by atoms with van der Waals surface area (Å²) in [6, 6.07) is 0. The number of aliphatic hydroxyl groups is 1. The Kier molecular flexibility index (Phi) is 1.75. The molecule has 0 heterocycles. The van der Waals surface area contributed by atoms with Crippen molar-refractivity contribution in [2.24, 2.45) is 11.8 Å². The van der Waals surface area contributed by atoms with Crippen molar-refractivity contribution >= 4 is 0 Å². The lowest BCUT2D eigenvalue weighted by molar-refractivity contribution is -0.0492. The minimum atomic E-state index is -0.686. The molecule has 1 aliphatic rings. The van der Waals surface area contributed by atoms with Crippen molar-refractivity contribution in [1.29, 1.82) is 0 Å². The zero-order valence-corrected chi connectivity index (χ0v) is 5.63. The van der Waals surface area contributed by atoms with Gasteiger partial charge in [0.2, 0.25) is 0 Å². The lowest BCUT2D eigenvalue weighted by atomic mass is 10.0. The highest BCUT2D eigenvalue weighted by molar-refractivity contribution is 4.90. The second-order valence-corrected chi connectivity index (χ2v) is 2.94. The first-order valence-electron chi connectivity index (χ1n) is 3.21. The van der Waals surface area contributed by atoms with E-state index in [1.165, 1.54) is 0 Å². The van der Waals surface area contributed by atoms with E-state index >= 15 is 0 Å². The molecule has 1 fully saturated rings. The van der Waals surface area contributed by atoms with Crippen LogP contribution < -0.4 is 5.90 Å². The number of hydrogen-bond acceptors (Lipinski definition) is 3. The number of rotatable bonds is 3. The number of nitrogens with two attached hydrogens (primary N) is 1. The summed E-state index contributed by atoms with van der Waals surface area (Å²) in [4.78, 5) is 4.36. The van der Waals surface area contributed by atoms with Gasteiger partial charge in [-0.05, 0) is 25.7 Å². The smallest absolute Gasteiger partial charge is 0.0966 e. The largest absolute Gasteiger partial charge is 0.387 e. The van der Waals surface area contributed by atoms with Gasteiger partial charge in [0.1, 0.15) is 0 Å². The lowest BCUT2D eigenvalue weighted by Gasteiger charge is -2.20. The van der Waals surface area contributed by atoms with Crippen LogP contribution in [0, 0.1) is 5.92 Å². The molecule has 0 aromatic rings. The van der Waals surface area contributed by atoms with Gasteiger partial charge in [0.15, 0.2) is 0 Å². The summed E-state index contributed by atoms with van der Waals surface area (Å²) in [6.45, 7) is 2.01. The molecule has 3 N–H and O–H groups in total. The third-order valence-electron chi connectivity index (χ3n) is 1.83. The molecule has 9 heavy (non-hydrogen) atoms. The lowest BCUT2D eigenvalue weighted by Crippen LogP contribution is -2.34. The Hall–Kier alpha value is -0.120. The number of hydrogen-bond donors (Lipinski definition) is 2. The topological polar surface area (TPSA) is 55.5 Å². The van der Waals surface area contributed by atoms with Gasteiger partial charge in [-0.2, -0.15) is 0 Å². The highest BCUT2D eigenvalue weighted by atomic mass is 16.6. The van der Waals surface area contributed by atoms with Crippen molar-refractivity contribution in [3.8, 4) is 0 Å². The maximum atomic E-state index is 9.45. The first kappa shape index (κ1) is 6.99. The summed E-state index contributed by atoms with van der Waals surface area (Å²) in [7, 11) is 0. The second-order valence-electron chi connectivity index (χ2n) is 2.94. The minimum absolute atomic E-state index is 0.248.